The summed E-state index contributed by atoms with van der Waals surface area (Å²) in [5, 5.41) is 3.16. The predicted octanol–water partition coefficient (Wildman–Crippen LogP) is 2.16. The minimum Gasteiger partial charge on any atom is -0.356 e. The fraction of sp³-hybridized carbons (Fsp3) is 0.364. The minimum atomic E-state index is -0.348. The largest absolute Gasteiger partial charge is 0.356 e. The van der Waals surface area contributed by atoms with Gasteiger partial charge in [0.05, 0.1) is 0 Å². The van der Waals surface area contributed by atoms with E-state index in [1.54, 1.807) is 6.07 Å². The Morgan fingerprint density at radius 3 is 2.93 bits per heavy atom. The number of amides is 1. The number of carbonyl (C=O) groups is 1. The molecule has 0 radical (unpaired) electrons. The van der Waals surface area contributed by atoms with Gasteiger partial charge in [-0.05, 0) is 30.5 Å². The Kier molecular flexibility index (Phi) is 2.91. The normalized spacial score (nSPS) is 20.4. The standard InChI is InChI=1S/C11H11ClFNO/c12-10-6-9(13)2-1-7(10)5-8-3-4-14-11(8)15/h1-2,6,8H,3-5H2,(H,14,15). The molecule has 1 aliphatic rings. The van der Waals surface area contributed by atoms with Crippen LogP contribution in [0.4, 0.5) is 4.39 Å². The molecule has 0 bridgehead atoms. The van der Waals surface area contributed by atoms with Crippen LogP contribution in [0.5, 0.6) is 0 Å². The van der Waals surface area contributed by atoms with E-state index in [4.69, 9.17) is 11.6 Å². The average molecular weight is 228 g/mol. The van der Waals surface area contributed by atoms with Gasteiger partial charge in [0.2, 0.25) is 5.91 Å². The van der Waals surface area contributed by atoms with Gasteiger partial charge in [-0.3, -0.25) is 4.79 Å². The number of benzene rings is 1. The molecule has 1 N–H and O–H groups in total. The van der Waals surface area contributed by atoms with Gasteiger partial charge in [-0.2, -0.15) is 0 Å². The van der Waals surface area contributed by atoms with Crippen molar-refractivity contribution in [3.8, 4) is 0 Å². The van der Waals surface area contributed by atoms with Crippen molar-refractivity contribution in [3.05, 3.63) is 34.6 Å². The van der Waals surface area contributed by atoms with Crippen molar-refractivity contribution in [1.82, 2.24) is 5.32 Å². The summed E-state index contributed by atoms with van der Waals surface area (Å²) in [6.07, 6.45) is 1.41. The lowest BCUT2D eigenvalue weighted by Gasteiger charge is -2.08. The summed E-state index contributed by atoms with van der Waals surface area (Å²) in [6.45, 7) is 0.725. The first-order chi connectivity index (χ1) is 7.16. The smallest absolute Gasteiger partial charge is 0.223 e. The topological polar surface area (TPSA) is 29.1 Å². The number of hydrogen-bond acceptors (Lipinski definition) is 1. The molecule has 1 amide bonds. The van der Waals surface area contributed by atoms with Gasteiger partial charge >= 0.3 is 0 Å². The quantitative estimate of drug-likeness (QED) is 0.824. The number of halogens is 2. The van der Waals surface area contributed by atoms with Gasteiger partial charge in [-0.1, -0.05) is 17.7 Å². The minimum absolute atomic E-state index is 0.0204. The SMILES string of the molecule is O=C1NCCC1Cc1ccc(F)cc1Cl. The van der Waals surface area contributed by atoms with Crippen molar-refractivity contribution in [2.75, 3.05) is 6.54 Å². The highest BCUT2D eigenvalue weighted by Crippen LogP contribution is 2.23. The molecule has 1 heterocycles. The van der Waals surface area contributed by atoms with Crippen LogP contribution in [0.2, 0.25) is 5.02 Å². The van der Waals surface area contributed by atoms with Gasteiger partial charge in [0.25, 0.3) is 0 Å². The number of hydrogen-bond donors (Lipinski definition) is 1. The van der Waals surface area contributed by atoms with E-state index in [0.29, 0.717) is 11.4 Å². The lowest BCUT2D eigenvalue weighted by molar-refractivity contribution is -0.122. The molecule has 1 fully saturated rings. The van der Waals surface area contributed by atoms with E-state index in [-0.39, 0.29) is 17.6 Å². The first kappa shape index (κ1) is 10.4. The molecule has 2 rings (SSSR count). The zero-order chi connectivity index (χ0) is 10.8. The van der Waals surface area contributed by atoms with E-state index < -0.39 is 0 Å². The summed E-state index contributed by atoms with van der Waals surface area (Å²) in [6, 6.07) is 4.29. The van der Waals surface area contributed by atoms with E-state index in [2.05, 4.69) is 5.32 Å². The zero-order valence-electron chi connectivity index (χ0n) is 8.09. The highest BCUT2D eigenvalue weighted by molar-refractivity contribution is 6.31. The second kappa shape index (κ2) is 4.19. The number of rotatable bonds is 2. The number of carbonyl (C=O) groups excluding carboxylic acids is 1. The van der Waals surface area contributed by atoms with Crippen LogP contribution < -0.4 is 5.32 Å². The maximum Gasteiger partial charge on any atom is 0.223 e. The van der Waals surface area contributed by atoms with Crippen LogP contribution in [-0.4, -0.2) is 12.5 Å². The Hall–Kier alpha value is -1.09. The average Bonchev–Trinajstić information content (AvgIpc) is 2.57. The van der Waals surface area contributed by atoms with Crippen LogP contribution in [0, 0.1) is 11.7 Å². The van der Waals surface area contributed by atoms with Crippen LogP contribution in [0.25, 0.3) is 0 Å². The molecule has 1 aromatic rings. The van der Waals surface area contributed by atoms with Crippen LogP contribution in [0.1, 0.15) is 12.0 Å². The third-order valence-corrected chi connectivity index (χ3v) is 3.00. The highest BCUT2D eigenvalue weighted by Gasteiger charge is 2.24. The van der Waals surface area contributed by atoms with Crippen molar-refractivity contribution in [2.45, 2.75) is 12.8 Å². The van der Waals surface area contributed by atoms with Gasteiger partial charge in [-0.15, -0.1) is 0 Å². The monoisotopic (exact) mass is 227 g/mol. The molecule has 0 saturated carbocycles. The van der Waals surface area contributed by atoms with E-state index in [1.807, 2.05) is 0 Å². The molecule has 2 nitrogen and oxygen atoms in total. The second-order valence-electron chi connectivity index (χ2n) is 3.72. The predicted molar refractivity (Wildman–Crippen MR) is 56.2 cm³/mol. The molecule has 80 valence electrons. The molecule has 1 aromatic carbocycles. The maximum atomic E-state index is 12.8. The van der Waals surface area contributed by atoms with Gasteiger partial charge in [-0.25, -0.2) is 4.39 Å². The molecule has 1 atom stereocenters. The first-order valence-electron chi connectivity index (χ1n) is 4.88. The molecule has 1 saturated heterocycles. The fourth-order valence-corrected chi connectivity index (χ4v) is 2.04. The summed E-state index contributed by atoms with van der Waals surface area (Å²) in [4.78, 5) is 11.3. The molecule has 0 aromatic heterocycles. The molecule has 4 heteroatoms. The lowest BCUT2D eigenvalue weighted by Crippen LogP contribution is -2.20. The Labute approximate surface area is 92.4 Å². The van der Waals surface area contributed by atoms with E-state index >= 15 is 0 Å². The van der Waals surface area contributed by atoms with Gasteiger partial charge in [0.1, 0.15) is 5.82 Å². The van der Waals surface area contributed by atoms with E-state index in [0.717, 1.165) is 18.5 Å². The van der Waals surface area contributed by atoms with Crippen LogP contribution in [-0.2, 0) is 11.2 Å². The second-order valence-corrected chi connectivity index (χ2v) is 4.12. The molecule has 0 spiro atoms. The van der Waals surface area contributed by atoms with E-state index in [1.165, 1.54) is 12.1 Å². The summed E-state index contributed by atoms with van der Waals surface area (Å²) in [5.74, 6) is -0.303. The van der Waals surface area contributed by atoms with Gasteiger partial charge in [0, 0.05) is 17.5 Å². The Balaban J connectivity index is 2.13. The third kappa shape index (κ3) is 2.29. The summed E-state index contributed by atoms with van der Waals surface area (Å²) in [7, 11) is 0. The number of nitrogens with one attached hydrogen (secondary N) is 1. The molecule has 1 aliphatic heterocycles. The van der Waals surface area contributed by atoms with Gasteiger partial charge in [0.15, 0.2) is 0 Å². The van der Waals surface area contributed by atoms with E-state index in [9.17, 15) is 9.18 Å². The maximum absolute atomic E-state index is 12.8. The Morgan fingerprint density at radius 2 is 2.33 bits per heavy atom. The van der Waals surface area contributed by atoms with Crippen molar-refractivity contribution < 1.29 is 9.18 Å². The summed E-state index contributed by atoms with van der Waals surface area (Å²) in [5.41, 5.74) is 0.833. The Morgan fingerprint density at radius 1 is 1.53 bits per heavy atom. The van der Waals surface area contributed by atoms with Crippen molar-refractivity contribution in [2.24, 2.45) is 5.92 Å². The van der Waals surface area contributed by atoms with Crippen LogP contribution in [0.15, 0.2) is 18.2 Å². The fourth-order valence-electron chi connectivity index (χ4n) is 1.79. The summed E-state index contributed by atoms with van der Waals surface area (Å²) >= 11 is 5.88. The van der Waals surface area contributed by atoms with Crippen molar-refractivity contribution in [1.29, 1.82) is 0 Å². The molecular weight excluding hydrogens is 217 g/mol. The van der Waals surface area contributed by atoms with Crippen molar-refractivity contribution in [3.63, 3.8) is 0 Å². The lowest BCUT2D eigenvalue weighted by atomic mass is 9.98. The molecule has 1 unspecified atom stereocenters. The zero-order valence-corrected chi connectivity index (χ0v) is 8.85. The van der Waals surface area contributed by atoms with Crippen molar-refractivity contribution >= 4 is 17.5 Å². The Bertz CT molecular complexity index is 394. The summed E-state index contributed by atoms with van der Waals surface area (Å²) < 4.78 is 12.8. The first-order valence-corrected chi connectivity index (χ1v) is 5.26. The molecule has 0 aliphatic carbocycles. The molecular formula is C11H11ClFNO. The van der Waals surface area contributed by atoms with Crippen LogP contribution in [0.3, 0.4) is 0 Å². The third-order valence-electron chi connectivity index (χ3n) is 2.64. The highest BCUT2D eigenvalue weighted by atomic mass is 35.5. The van der Waals surface area contributed by atoms with Crippen LogP contribution >= 0.6 is 11.6 Å². The molecule has 15 heavy (non-hydrogen) atoms. The van der Waals surface area contributed by atoms with Gasteiger partial charge < -0.3 is 5.32 Å².